The molecule has 0 radical (unpaired) electrons. The molecule has 1 atom stereocenters. The highest BCUT2D eigenvalue weighted by atomic mass is 16.5. The molecule has 154 valence electrons. The topological polar surface area (TPSA) is 113 Å². The zero-order valence-electron chi connectivity index (χ0n) is 16.2. The van der Waals surface area contributed by atoms with Gasteiger partial charge in [0.15, 0.2) is 0 Å². The van der Waals surface area contributed by atoms with E-state index in [2.05, 4.69) is 15.8 Å². The first kappa shape index (κ1) is 20.7. The van der Waals surface area contributed by atoms with E-state index in [0.717, 1.165) is 5.56 Å². The molecular weight excluding hydrogens is 386 g/mol. The Morgan fingerprint density at radius 3 is 2.50 bits per heavy atom. The van der Waals surface area contributed by atoms with Crippen molar-refractivity contribution in [2.24, 2.45) is 5.10 Å². The molecule has 0 aliphatic carbocycles. The number of furan rings is 1. The van der Waals surface area contributed by atoms with E-state index in [-0.39, 0.29) is 12.2 Å². The Labute approximate surface area is 173 Å². The molecule has 1 heterocycles. The van der Waals surface area contributed by atoms with Gasteiger partial charge in [0.1, 0.15) is 23.3 Å². The summed E-state index contributed by atoms with van der Waals surface area (Å²) in [6.07, 6.45) is 3.07. The van der Waals surface area contributed by atoms with E-state index in [9.17, 15) is 14.7 Å². The average molecular weight is 407 g/mol. The Bertz CT molecular complexity index is 996. The van der Waals surface area contributed by atoms with Crippen molar-refractivity contribution in [1.29, 1.82) is 0 Å². The van der Waals surface area contributed by atoms with Crippen LogP contribution in [0.5, 0.6) is 11.5 Å². The van der Waals surface area contributed by atoms with Gasteiger partial charge in [-0.3, -0.25) is 9.59 Å². The van der Waals surface area contributed by atoms with Gasteiger partial charge >= 0.3 is 0 Å². The number of rotatable bonds is 8. The standard InChI is InChI=1S/C22H21N3O5/c1-29-18-10-6-16(7-11-18)21(27)24-20(13-15-4-8-17(26)9-5-15)22(28)25-23-14-19-3-2-12-30-19/h2-12,14,20,26H,13H2,1H3,(H,24,27)(H,25,28)/b23-14+/t20-/m0/s1. The van der Waals surface area contributed by atoms with Gasteiger partial charge in [-0.1, -0.05) is 12.1 Å². The molecule has 0 aliphatic rings. The molecule has 0 spiro atoms. The van der Waals surface area contributed by atoms with Gasteiger partial charge in [-0.15, -0.1) is 0 Å². The van der Waals surface area contributed by atoms with E-state index in [1.54, 1.807) is 48.5 Å². The number of hydrogen-bond acceptors (Lipinski definition) is 6. The molecule has 0 bridgehead atoms. The molecule has 0 unspecified atom stereocenters. The molecule has 3 N–H and O–H groups in total. The summed E-state index contributed by atoms with van der Waals surface area (Å²) in [5.74, 6) is 0.314. The summed E-state index contributed by atoms with van der Waals surface area (Å²) in [6.45, 7) is 0. The van der Waals surface area contributed by atoms with E-state index < -0.39 is 17.9 Å². The lowest BCUT2D eigenvalue weighted by molar-refractivity contribution is -0.122. The van der Waals surface area contributed by atoms with Crippen molar-refractivity contribution in [3.05, 3.63) is 83.8 Å². The fourth-order valence-corrected chi connectivity index (χ4v) is 2.66. The van der Waals surface area contributed by atoms with Crippen LogP contribution in [0.25, 0.3) is 0 Å². The van der Waals surface area contributed by atoms with E-state index in [1.807, 2.05) is 0 Å². The third-order valence-corrected chi connectivity index (χ3v) is 4.26. The van der Waals surface area contributed by atoms with Crippen LogP contribution in [0, 0.1) is 0 Å². The van der Waals surface area contributed by atoms with Crippen molar-refractivity contribution in [2.45, 2.75) is 12.5 Å². The molecule has 8 heteroatoms. The van der Waals surface area contributed by atoms with Crippen molar-refractivity contribution >= 4 is 18.0 Å². The van der Waals surface area contributed by atoms with Crippen LogP contribution in [0.3, 0.4) is 0 Å². The van der Waals surface area contributed by atoms with Gasteiger partial charge in [0.05, 0.1) is 19.6 Å². The minimum atomic E-state index is -0.891. The molecule has 3 aromatic rings. The molecular formula is C22H21N3O5. The summed E-state index contributed by atoms with van der Waals surface area (Å²) in [4.78, 5) is 25.3. The zero-order valence-corrected chi connectivity index (χ0v) is 16.2. The van der Waals surface area contributed by atoms with E-state index in [0.29, 0.717) is 17.1 Å². The largest absolute Gasteiger partial charge is 0.508 e. The maximum Gasteiger partial charge on any atom is 0.262 e. The van der Waals surface area contributed by atoms with Crippen LogP contribution in [0.1, 0.15) is 21.7 Å². The molecule has 0 saturated heterocycles. The second kappa shape index (κ2) is 9.92. The summed E-state index contributed by atoms with van der Waals surface area (Å²) in [5.41, 5.74) is 3.56. The van der Waals surface area contributed by atoms with Gasteiger partial charge in [0.2, 0.25) is 0 Å². The van der Waals surface area contributed by atoms with Gasteiger partial charge in [-0.25, -0.2) is 5.43 Å². The third kappa shape index (κ3) is 5.71. The number of carbonyl (C=O) groups excluding carboxylic acids is 2. The highest BCUT2D eigenvalue weighted by Gasteiger charge is 2.22. The Morgan fingerprint density at radius 1 is 1.13 bits per heavy atom. The summed E-state index contributed by atoms with van der Waals surface area (Å²) >= 11 is 0. The van der Waals surface area contributed by atoms with Crippen LogP contribution in [0.4, 0.5) is 0 Å². The number of methoxy groups -OCH3 is 1. The molecule has 8 nitrogen and oxygen atoms in total. The highest BCUT2D eigenvalue weighted by molar-refractivity contribution is 5.97. The van der Waals surface area contributed by atoms with Gasteiger partial charge in [-0.2, -0.15) is 5.10 Å². The first-order chi connectivity index (χ1) is 14.5. The number of hydrogen-bond donors (Lipinski definition) is 3. The smallest absolute Gasteiger partial charge is 0.262 e. The van der Waals surface area contributed by atoms with Crippen molar-refractivity contribution in [3.8, 4) is 11.5 Å². The predicted molar refractivity (Wildman–Crippen MR) is 111 cm³/mol. The molecule has 3 rings (SSSR count). The molecule has 0 fully saturated rings. The van der Waals surface area contributed by atoms with E-state index in [1.165, 1.54) is 31.7 Å². The lowest BCUT2D eigenvalue weighted by atomic mass is 10.0. The maximum atomic E-state index is 12.7. The van der Waals surface area contributed by atoms with Crippen LogP contribution in [-0.4, -0.2) is 36.3 Å². The van der Waals surface area contributed by atoms with Crippen molar-refractivity contribution in [3.63, 3.8) is 0 Å². The molecule has 2 aromatic carbocycles. The summed E-state index contributed by atoms with van der Waals surface area (Å²) < 4.78 is 10.2. The number of ether oxygens (including phenoxy) is 1. The molecule has 2 amide bonds. The van der Waals surface area contributed by atoms with Crippen LogP contribution in [0.2, 0.25) is 0 Å². The molecule has 0 saturated carbocycles. The number of amides is 2. The first-order valence-corrected chi connectivity index (χ1v) is 9.14. The van der Waals surface area contributed by atoms with Crippen LogP contribution in [0.15, 0.2) is 76.4 Å². The number of nitrogens with zero attached hydrogens (tertiary/aromatic N) is 1. The summed E-state index contributed by atoms with van der Waals surface area (Å²) in [6, 6.07) is 15.4. The predicted octanol–water partition coefficient (Wildman–Crippen LogP) is 2.49. The minimum Gasteiger partial charge on any atom is -0.508 e. The Morgan fingerprint density at radius 2 is 1.87 bits per heavy atom. The minimum absolute atomic E-state index is 0.116. The van der Waals surface area contributed by atoms with E-state index in [4.69, 9.17) is 9.15 Å². The van der Waals surface area contributed by atoms with Crippen molar-refractivity contribution < 1.29 is 23.8 Å². The van der Waals surface area contributed by atoms with Crippen LogP contribution in [-0.2, 0) is 11.2 Å². The Hall–Kier alpha value is -4.07. The van der Waals surface area contributed by atoms with Crippen molar-refractivity contribution in [1.82, 2.24) is 10.7 Å². The van der Waals surface area contributed by atoms with Gasteiger partial charge < -0.3 is 19.6 Å². The Kier molecular flexibility index (Phi) is 6.83. The highest BCUT2D eigenvalue weighted by Crippen LogP contribution is 2.13. The quantitative estimate of drug-likeness (QED) is 0.392. The number of phenolic OH excluding ortho intramolecular Hbond substituents is 1. The SMILES string of the molecule is COc1ccc(C(=O)N[C@@H](Cc2ccc(O)cc2)C(=O)N/N=C/c2ccco2)cc1. The number of benzene rings is 2. The monoisotopic (exact) mass is 407 g/mol. The molecule has 1 aromatic heterocycles. The fourth-order valence-electron chi connectivity index (χ4n) is 2.66. The first-order valence-electron chi connectivity index (χ1n) is 9.14. The van der Waals surface area contributed by atoms with E-state index >= 15 is 0 Å². The number of phenols is 1. The lowest BCUT2D eigenvalue weighted by Crippen LogP contribution is -2.46. The van der Waals surface area contributed by atoms with Gasteiger partial charge in [0, 0.05) is 12.0 Å². The van der Waals surface area contributed by atoms with Crippen LogP contribution >= 0.6 is 0 Å². The van der Waals surface area contributed by atoms with Crippen molar-refractivity contribution in [2.75, 3.05) is 7.11 Å². The summed E-state index contributed by atoms with van der Waals surface area (Å²) in [5, 5.41) is 16.0. The molecule has 30 heavy (non-hydrogen) atoms. The number of carbonyl (C=O) groups is 2. The van der Waals surface area contributed by atoms with Gasteiger partial charge in [0.25, 0.3) is 11.8 Å². The summed E-state index contributed by atoms with van der Waals surface area (Å²) in [7, 11) is 1.54. The normalized spacial score (nSPS) is 11.8. The third-order valence-electron chi connectivity index (χ3n) is 4.26. The number of aromatic hydroxyl groups is 1. The second-order valence-electron chi connectivity index (χ2n) is 6.37. The average Bonchev–Trinajstić information content (AvgIpc) is 3.28. The number of nitrogens with one attached hydrogen (secondary N) is 2. The second-order valence-corrected chi connectivity index (χ2v) is 6.37. The lowest BCUT2D eigenvalue weighted by Gasteiger charge is -2.17. The fraction of sp³-hybridized carbons (Fsp3) is 0.136. The maximum absolute atomic E-state index is 12.7. The number of hydrazone groups is 1. The van der Waals surface area contributed by atoms with Crippen LogP contribution < -0.4 is 15.5 Å². The Balaban J connectivity index is 1.72. The van der Waals surface area contributed by atoms with Gasteiger partial charge in [-0.05, 0) is 54.1 Å². The zero-order chi connectivity index (χ0) is 21.3. The molecule has 0 aliphatic heterocycles.